The third-order valence-corrected chi connectivity index (χ3v) is 10.1. The van der Waals surface area contributed by atoms with Gasteiger partial charge in [-0.15, -0.1) is 0 Å². The molecule has 3 aromatic rings. The fourth-order valence-corrected chi connectivity index (χ4v) is 7.69. The van der Waals surface area contributed by atoms with Crippen LogP contribution >= 0.6 is 0 Å². The fraction of sp³-hybridized carbons (Fsp3) is 0.514. The summed E-state index contributed by atoms with van der Waals surface area (Å²) in [6.07, 6.45) is 10.1. The molecule has 232 valence electrons. The number of carbonyl (C=O) groups excluding carboxylic acids is 1. The Labute approximate surface area is 260 Å². The van der Waals surface area contributed by atoms with Gasteiger partial charge in [-0.1, -0.05) is 50.1 Å². The second-order valence-corrected chi connectivity index (χ2v) is 12.9. The Hall–Kier alpha value is -3.85. The van der Waals surface area contributed by atoms with Crippen LogP contribution in [0.4, 0.5) is 11.5 Å². The molecule has 3 aliphatic heterocycles. The van der Waals surface area contributed by atoms with Crippen LogP contribution in [0.25, 0.3) is 10.8 Å². The highest BCUT2D eigenvalue weighted by Gasteiger charge is 2.31. The van der Waals surface area contributed by atoms with E-state index in [0.717, 1.165) is 72.1 Å². The van der Waals surface area contributed by atoms with E-state index in [2.05, 4.69) is 27.3 Å². The van der Waals surface area contributed by atoms with E-state index in [1.807, 2.05) is 35.2 Å². The minimum absolute atomic E-state index is 0.0220. The van der Waals surface area contributed by atoms with Gasteiger partial charge in [0.05, 0.1) is 18.8 Å². The molecule has 1 unspecified atom stereocenters. The van der Waals surface area contributed by atoms with E-state index < -0.39 is 0 Å². The van der Waals surface area contributed by atoms with Crippen LogP contribution in [0.1, 0.15) is 49.8 Å². The topological polar surface area (TPSA) is 85.3 Å². The normalized spacial score (nSPS) is 21.5. The Morgan fingerprint density at radius 3 is 2.61 bits per heavy atom. The minimum atomic E-state index is -0.0220. The second-order valence-electron chi connectivity index (χ2n) is 12.9. The molecule has 1 N–H and O–H groups in total. The third kappa shape index (κ3) is 5.94. The Balaban J connectivity index is 1.13. The van der Waals surface area contributed by atoms with Crippen LogP contribution < -0.4 is 14.5 Å². The number of hydrogen-bond donors (Lipinski definition) is 1. The van der Waals surface area contributed by atoms with Gasteiger partial charge < -0.3 is 24.5 Å². The standard InChI is InChI=1S/C35H44N6O3/c1-2-33(43)38-16-18-39(19-17-38)34-30-13-15-41(32-21-28(42)20-26-8-6-7-11-29(26)32)23-31(30)36-35(37-34)44-24-25-12-14-40(22-25)27-9-4-3-5-10-27/h2,6-8,11,20-21,25,27,42H,1,3-5,9-10,12-19,22-24H2. The van der Waals surface area contributed by atoms with Gasteiger partial charge in [0.1, 0.15) is 11.6 Å². The van der Waals surface area contributed by atoms with Gasteiger partial charge in [0.2, 0.25) is 5.91 Å². The summed E-state index contributed by atoms with van der Waals surface area (Å²) in [7, 11) is 0. The summed E-state index contributed by atoms with van der Waals surface area (Å²) in [6.45, 7) is 10.7. The van der Waals surface area contributed by atoms with Crippen molar-refractivity contribution < 1.29 is 14.6 Å². The van der Waals surface area contributed by atoms with Crippen molar-refractivity contribution in [3.05, 3.63) is 60.3 Å². The average Bonchev–Trinajstić information content (AvgIpc) is 3.55. The SMILES string of the molecule is C=CC(=O)N1CCN(c2nc(OCC3CCN(C4CCCCC4)C3)nc3c2CCN(c2cc(O)cc4ccccc24)C3)CC1. The highest BCUT2D eigenvalue weighted by atomic mass is 16.5. The van der Waals surface area contributed by atoms with Gasteiger partial charge in [-0.2, -0.15) is 9.97 Å². The molecule has 3 fully saturated rings. The maximum Gasteiger partial charge on any atom is 0.318 e. The number of ether oxygens (including phenoxy) is 1. The average molecular weight is 597 g/mol. The Morgan fingerprint density at radius 1 is 0.977 bits per heavy atom. The number of phenolic OH excluding ortho intramolecular Hbond substituents is 1. The summed E-state index contributed by atoms with van der Waals surface area (Å²) in [5.41, 5.74) is 3.15. The lowest BCUT2D eigenvalue weighted by atomic mass is 9.94. The highest BCUT2D eigenvalue weighted by Crippen LogP contribution is 2.37. The van der Waals surface area contributed by atoms with Gasteiger partial charge in [-0.05, 0) is 49.8 Å². The van der Waals surface area contributed by atoms with Crippen molar-refractivity contribution in [1.29, 1.82) is 0 Å². The number of anilines is 2. The van der Waals surface area contributed by atoms with Gasteiger partial charge in [0.15, 0.2) is 0 Å². The van der Waals surface area contributed by atoms with Crippen molar-refractivity contribution in [2.45, 2.75) is 57.5 Å². The zero-order valence-electron chi connectivity index (χ0n) is 25.7. The monoisotopic (exact) mass is 596 g/mol. The maximum atomic E-state index is 12.2. The first-order valence-electron chi connectivity index (χ1n) is 16.5. The summed E-state index contributed by atoms with van der Waals surface area (Å²) in [5.74, 6) is 1.67. The molecule has 2 saturated heterocycles. The number of hydrogen-bond acceptors (Lipinski definition) is 8. The summed E-state index contributed by atoms with van der Waals surface area (Å²) in [5, 5.41) is 12.7. The van der Waals surface area contributed by atoms with Crippen LogP contribution in [0, 0.1) is 5.92 Å². The fourth-order valence-electron chi connectivity index (χ4n) is 7.69. The van der Waals surface area contributed by atoms with Gasteiger partial charge in [0, 0.05) is 73.9 Å². The van der Waals surface area contributed by atoms with E-state index in [9.17, 15) is 9.90 Å². The molecule has 1 aromatic heterocycles. The third-order valence-electron chi connectivity index (χ3n) is 10.1. The zero-order chi connectivity index (χ0) is 30.0. The quantitative estimate of drug-likeness (QED) is 0.391. The van der Waals surface area contributed by atoms with E-state index in [4.69, 9.17) is 14.7 Å². The number of benzene rings is 2. The Kier molecular flexibility index (Phi) is 8.30. The lowest BCUT2D eigenvalue weighted by Crippen LogP contribution is -2.49. The molecule has 1 aliphatic carbocycles. The molecular formula is C35H44N6O3. The minimum Gasteiger partial charge on any atom is -0.508 e. The molecule has 1 saturated carbocycles. The molecule has 4 heterocycles. The van der Waals surface area contributed by atoms with Crippen LogP contribution in [0.3, 0.4) is 0 Å². The molecule has 0 radical (unpaired) electrons. The van der Waals surface area contributed by atoms with Crippen molar-refractivity contribution in [3.63, 3.8) is 0 Å². The molecule has 0 bridgehead atoms. The van der Waals surface area contributed by atoms with Crippen LogP contribution in [0.5, 0.6) is 11.8 Å². The molecule has 2 aromatic carbocycles. The number of piperazine rings is 1. The summed E-state index contributed by atoms with van der Waals surface area (Å²) in [6, 6.07) is 13.1. The maximum absolute atomic E-state index is 12.2. The first kappa shape index (κ1) is 28.9. The van der Waals surface area contributed by atoms with Crippen molar-refractivity contribution >= 4 is 28.2 Å². The first-order chi connectivity index (χ1) is 21.6. The number of phenols is 1. The predicted molar refractivity (Wildman–Crippen MR) is 173 cm³/mol. The molecule has 9 heteroatoms. The van der Waals surface area contributed by atoms with Gasteiger partial charge in [0.25, 0.3) is 0 Å². The summed E-state index contributed by atoms with van der Waals surface area (Å²) >= 11 is 0. The Morgan fingerprint density at radius 2 is 1.80 bits per heavy atom. The number of rotatable bonds is 7. The lowest BCUT2D eigenvalue weighted by molar-refractivity contribution is -0.126. The van der Waals surface area contributed by atoms with Crippen LogP contribution in [-0.4, -0.2) is 89.2 Å². The van der Waals surface area contributed by atoms with Crippen molar-refractivity contribution in [2.24, 2.45) is 5.92 Å². The molecule has 44 heavy (non-hydrogen) atoms. The van der Waals surface area contributed by atoms with Crippen LogP contribution in [0.15, 0.2) is 49.1 Å². The number of fused-ring (bicyclic) bond motifs is 2. The molecule has 0 spiro atoms. The van der Waals surface area contributed by atoms with E-state index >= 15 is 0 Å². The smallest absolute Gasteiger partial charge is 0.318 e. The number of carbonyl (C=O) groups is 1. The molecule has 4 aliphatic rings. The largest absolute Gasteiger partial charge is 0.508 e. The van der Waals surface area contributed by atoms with Gasteiger partial charge >= 0.3 is 6.01 Å². The van der Waals surface area contributed by atoms with E-state index in [0.29, 0.717) is 51.3 Å². The van der Waals surface area contributed by atoms with Gasteiger partial charge in [-0.3, -0.25) is 9.69 Å². The second kappa shape index (κ2) is 12.6. The molecule has 1 amide bonds. The van der Waals surface area contributed by atoms with E-state index in [1.54, 1.807) is 0 Å². The molecule has 1 atom stereocenters. The molecular weight excluding hydrogens is 552 g/mol. The van der Waals surface area contributed by atoms with E-state index in [1.165, 1.54) is 38.2 Å². The predicted octanol–water partition coefficient (Wildman–Crippen LogP) is 4.77. The highest BCUT2D eigenvalue weighted by molar-refractivity contribution is 5.95. The van der Waals surface area contributed by atoms with Crippen LogP contribution in [0.2, 0.25) is 0 Å². The molecule has 7 rings (SSSR count). The number of nitrogens with zero attached hydrogens (tertiary/aromatic N) is 6. The molecule has 9 nitrogen and oxygen atoms in total. The van der Waals surface area contributed by atoms with Crippen molar-refractivity contribution in [2.75, 3.05) is 62.2 Å². The van der Waals surface area contributed by atoms with Crippen molar-refractivity contribution in [1.82, 2.24) is 19.8 Å². The number of likely N-dealkylation sites (tertiary alicyclic amines) is 1. The lowest BCUT2D eigenvalue weighted by Gasteiger charge is -2.38. The zero-order valence-corrected chi connectivity index (χ0v) is 25.7. The van der Waals surface area contributed by atoms with Gasteiger partial charge in [-0.25, -0.2) is 0 Å². The van der Waals surface area contributed by atoms with E-state index in [-0.39, 0.29) is 11.7 Å². The number of amides is 1. The summed E-state index contributed by atoms with van der Waals surface area (Å²) < 4.78 is 6.42. The Bertz CT molecular complexity index is 1510. The van der Waals surface area contributed by atoms with Crippen LogP contribution in [-0.2, 0) is 17.8 Å². The summed E-state index contributed by atoms with van der Waals surface area (Å²) in [4.78, 5) is 31.4. The first-order valence-corrected chi connectivity index (χ1v) is 16.5. The van der Waals surface area contributed by atoms with Crippen molar-refractivity contribution in [3.8, 4) is 11.8 Å². The number of aromatic hydroxyl groups is 1. The number of aromatic nitrogens is 2.